The normalized spacial score (nSPS) is 27.3. The lowest BCUT2D eigenvalue weighted by molar-refractivity contribution is 0.0950. The summed E-state index contributed by atoms with van der Waals surface area (Å²) in [4.78, 5) is 21.3. The minimum atomic E-state index is -0.190. The van der Waals surface area contributed by atoms with Gasteiger partial charge in [-0.3, -0.25) is 4.79 Å². The molecule has 0 radical (unpaired) electrons. The molecule has 1 aromatic carbocycles. The van der Waals surface area contributed by atoms with E-state index in [2.05, 4.69) is 20.6 Å². The Balaban J connectivity index is 1.42. The number of fused-ring (bicyclic) bond motifs is 1. The second-order valence-corrected chi connectivity index (χ2v) is 7.77. The summed E-state index contributed by atoms with van der Waals surface area (Å²) in [5.74, 6) is 1.18. The zero-order valence-electron chi connectivity index (χ0n) is 15.3. The van der Waals surface area contributed by atoms with E-state index in [4.69, 9.17) is 5.11 Å². The standard InChI is InChI=1S/C20H26N4O3/c25-11-15-7-14(15)10-21-19(27)12-1-2-13-9-22-20(24-18(13)8-12)23-16-3-5-17(26)6-4-16/h1-2,8-9,14-17,25-26H,3-7,10-11H2,(H,21,27)(H,22,23,24)/t14-,15-,16?,17?/m1/s1. The molecule has 1 aromatic heterocycles. The van der Waals surface area contributed by atoms with E-state index in [0.717, 1.165) is 43.0 Å². The molecule has 0 bridgehead atoms. The number of carbonyl (C=O) groups is 1. The molecule has 2 saturated carbocycles. The van der Waals surface area contributed by atoms with Gasteiger partial charge in [-0.15, -0.1) is 0 Å². The van der Waals surface area contributed by atoms with Crippen LogP contribution in [-0.2, 0) is 0 Å². The number of aliphatic hydroxyl groups excluding tert-OH is 2. The number of benzene rings is 1. The fourth-order valence-electron chi connectivity index (χ4n) is 3.75. The van der Waals surface area contributed by atoms with Gasteiger partial charge in [0.05, 0.1) is 11.6 Å². The molecule has 7 heteroatoms. The maximum absolute atomic E-state index is 12.4. The second kappa shape index (κ2) is 7.78. The maximum Gasteiger partial charge on any atom is 0.251 e. The van der Waals surface area contributed by atoms with Crippen LogP contribution in [-0.4, -0.2) is 51.4 Å². The Bertz CT molecular complexity index is 820. The lowest BCUT2D eigenvalue weighted by Gasteiger charge is -2.26. The molecular weight excluding hydrogens is 344 g/mol. The van der Waals surface area contributed by atoms with Gasteiger partial charge in [-0.1, -0.05) is 6.07 Å². The molecule has 7 nitrogen and oxygen atoms in total. The Hall–Kier alpha value is -2.25. The zero-order chi connectivity index (χ0) is 18.8. The molecule has 2 aromatic rings. The topological polar surface area (TPSA) is 107 Å². The van der Waals surface area contributed by atoms with Crippen LogP contribution in [0.25, 0.3) is 10.9 Å². The number of nitrogens with one attached hydrogen (secondary N) is 2. The van der Waals surface area contributed by atoms with E-state index in [9.17, 15) is 9.90 Å². The van der Waals surface area contributed by atoms with Gasteiger partial charge in [0.2, 0.25) is 5.95 Å². The van der Waals surface area contributed by atoms with E-state index in [-0.39, 0.29) is 24.7 Å². The van der Waals surface area contributed by atoms with Gasteiger partial charge in [-0.05, 0) is 56.1 Å². The van der Waals surface area contributed by atoms with Crippen molar-refractivity contribution in [3.8, 4) is 0 Å². The third kappa shape index (κ3) is 4.36. The number of amides is 1. The summed E-state index contributed by atoms with van der Waals surface area (Å²) in [6.45, 7) is 0.801. The molecule has 27 heavy (non-hydrogen) atoms. The molecule has 0 unspecified atom stereocenters. The predicted octanol–water partition coefficient (Wildman–Crippen LogP) is 1.70. The average Bonchev–Trinajstić information content (AvgIpc) is 3.46. The highest BCUT2D eigenvalue weighted by Gasteiger charge is 2.36. The van der Waals surface area contributed by atoms with E-state index in [1.807, 2.05) is 6.07 Å². The van der Waals surface area contributed by atoms with Crippen LogP contribution < -0.4 is 10.6 Å². The largest absolute Gasteiger partial charge is 0.396 e. The van der Waals surface area contributed by atoms with Gasteiger partial charge in [0.25, 0.3) is 5.91 Å². The number of aliphatic hydroxyl groups is 2. The number of rotatable bonds is 6. The highest BCUT2D eigenvalue weighted by molar-refractivity contribution is 5.97. The van der Waals surface area contributed by atoms with Crippen molar-refractivity contribution in [3.63, 3.8) is 0 Å². The van der Waals surface area contributed by atoms with E-state index in [1.165, 1.54) is 0 Å². The molecule has 4 N–H and O–H groups in total. The molecule has 0 saturated heterocycles. The number of nitrogens with zero attached hydrogens (tertiary/aromatic N) is 2. The molecular formula is C20H26N4O3. The minimum absolute atomic E-state index is 0.116. The van der Waals surface area contributed by atoms with Crippen molar-refractivity contribution < 1.29 is 15.0 Å². The van der Waals surface area contributed by atoms with Gasteiger partial charge in [0.1, 0.15) is 0 Å². The molecule has 2 aliphatic rings. The third-order valence-electron chi connectivity index (χ3n) is 5.70. The Labute approximate surface area is 158 Å². The first-order valence-corrected chi connectivity index (χ1v) is 9.73. The quantitative estimate of drug-likeness (QED) is 0.617. The third-order valence-corrected chi connectivity index (χ3v) is 5.70. The smallest absolute Gasteiger partial charge is 0.251 e. The maximum atomic E-state index is 12.4. The van der Waals surface area contributed by atoms with Crippen LogP contribution in [0.1, 0.15) is 42.5 Å². The summed E-state index contributed by atoms with van der Waals surface area (Å²) >= 11 is 0. The molecule has 1 heterocycles. The molecule has 4 rings (SSSR count). The summed E-state index contributed by atoms with van der Waals surface area (Å²) in [5.41, 5.74) is 1.31. The van der Waals surface area contributed by atoms with Gasteiger partial charge in [-0.2, -0.15) is 0 Å². The van der Waals surface area contributed by atoms with Crippen molar-refractivity contribution in [2.45, 2.75) is 44.2 Å². The molecule has 2 aliphatic carbocycles. The van der Waals surface area contributed by atoms with Gasteiger partial charge in [-0.25, -0.2) is 9.97 Å². The van der Waals surface area contributed by atoms with Crippen molar-refractivity contribution in [2.24, 2.45) is 11.8 Å². The van der Waals surface area contributed by atoms with Crippen molar-refractivity contribution in [1.82, 2.24) is 15.3 Å². The van der Waals surface area contributed by atoms with E-state index in [1.54, 1.807) is 18.3 Å². The van der Waals surface area contributed by atoms with Crippen molar-refractivity contribution in [2.75, 3.05) is 18.5 Å². The fourth-order valence-corrected chi connectivity index (χ4v) is 3.75. The number of hydrogen-bond acceptors (Lipinski definition) is 6. The van der Waals surface area contributed by atoms with Crippen LogP contribution in [0.3, 0.4) is 0 Å². The van der Waals surface area contributed by atoms with Crippen LogP contribution >= 0.6 is 0 Å². The highest BCUT2D eigenvalue weighted by Crippen LogP contribution is 2.37. The summed E-state index contributed by atoms with van der Waals surface area (Å²) in [5, 5.41) is 25.9. The number of hydrogen-bond donors (Lipinski definition) is 4. The first-order valence-electron chi connectivity index (χ1n) is 9.73. The average molecular weight is 370 g/mol. The lowest BCUT2D eigenvalue weighted by Crippen LogP contribution is -2.28. The van der Waals surface area contributed by atoms with Crippen LogP contribution in [0, 0.1) is 11.8 Å². The molecule has 1 amide bonds. The summed E-state index contributed by atoms with van der Waals surface area (Å²) in [6, 6.07) is 5.71. The molecule has 0 aliphatic heterocycles. The Kier molecular flexibility index (Phi) is 5.22. The monoisotopic (exact) mass is 370 g/mol. The van der Waals surface area contributed by atoms with Crippen LogP contribution in [0.5, 0.6) is 0 Å². The molecule has 2 fully saturated rings. The van der Waals surface area contributed by atoms with Crippen molar-refractivity contribution in [1.29, 1.82) is 0 Å². The number of anilines is 1. The van der Waals surface area contributed by atoms with Gasteiger partial charge >= 0.3 is 0 Å². The van der Waals surface area contributed by atoms with E-state index < -0.39 is 0 Å². The first kappa shape index (κ1) is 18.1. The SMILES string of the molecule is O=C(NC[C@H]1C[C@@H]1CO)c1ccc2cnc(NC3CCC(O)CC3)nc2c1. The molecule has 0 spiro atoms. The highest BCUT2D eigenvalue weighted by atomic mass is 16.3. The second-order valence-electron chi connectivity index (χ2n) is 7.77. The predicted molar refractivity (Wildman–Crippen MR) is 102 cm³/mol. The van der Waals surface area contributed by atoms with Gasteiger partial charge in [0.15, 0.2) is 0 Å². The zero-order valence-corrected chi connectivity index (χ0v) is 15.3. The van der Waals surface area contributed by atoms with E-state index in [0.29, 0.717) is 29.9 Å². The van der Waals surface area contributed by atoms with Crippen LogP contribution in [0.4, 0.5) is 5.95 Å². The fraction of sp³-hybridized carbons (Fsp3) is 0.550. The summed E-state index contributed by atoms with van der Waals surface area (Å²) in [7, 11) is 0. The van der Waals surface area contributed by atoms with Crippen molar-refractivity contribution in [3.05, 3.63) is 30.0 Å². The van der Waals surface area contributed by atoms with Gasteiger partial charge in [0, 0.05) is 36.3 Å². The summed E-state index contributed by atoms with van der Waals surface area (Å²) < 4.78 is 0. The lowest BCUT2D eigenvalue weighted by atomic mass is 9.93. The first-order chi connectivity index (χ1) is 13.1. The number of carbonyl (C=O) groups excluding carboxylic acids is 1. The van der Waals surface area contributed by atoms with Crippen LogP contribution in [0.15, 0.2) is 24.4 Å². The Morgan fingerprint density at radius 3 is 2.74 bits per heavy atom. The molecule has 2 atom stereocenters. The number of aromatic nitrogens is 2. The van der Waals surface area contributed by atoms with Crippen molar-refractivity contribution >= 4 is 22.8 Å². The summed E-state index contributed by atoms with van der Waals surface area (Å²) in [6.07, 6.45) is 5.96. The van der Waals surface area contributed by atoms with Crippen LogP contribution in [0.2, 0.25) is 0 Å². The minimum Gasteiger partial charge on any atom is -0.396 e. The van der Waals surface area contributed by atoms with Gasteiger partial charge < -0.3 is 20.8 Å². The Morgan fingerprint density at radius 1 is 1.19 bits per heavy atom. The van der Waals surface area contributed by atoms with E-state index >= 15 is 0 Å². The molecule has 144 valence electrons. The Morgan fingerprint density at radius 2 is 2.00 bits per heavy atom.